The summed E-state index contributed by atoms with van der Waals surface area (Å²) in [5.74, 6) is 0.460. The van der Waals surface area contributed by atoms with Crippen LogP contribution in [0.4, 0.5) is 0 Å². The van der Waals surface area contributed by atoms with Gasteiger partial charge >= 0.3 is 0 Å². The molecule has 0 saturated carbocycles. The number of nitrogens with two attached hydrogens (primary N) is 1. The molecule has 72 valence electrons. The van der Waals surface area contributed by atoms with Gasteiger partial charge in [0.05, 0.1) is 5.02 Å². The first-order chi connectivity index (χ1) is 6.02. The summed E-state index contributed by atoms with van der Waals surface area (Å²) in [7, 11) is 0. The van der Waals surface area contributed by atoms with Crippen LogP contribution in [0.25, 0.3) is 0 Å². The van der Waals surface area contributed by atoms with Crippen LogP contribution in [0, 0.1) is 5.92 Å². The molecule has 0 saturated heterocycles. The fourth-order valence-electron chi connectivity index (χ4n) is 1.12. The molecule has 1 aromatic carbocycles. The van der Waals surface area contributed by atoms with Crippen LogP contribution in [-0.4, -0.2) is 5.11 Å². The molecule has 3 heteroatoms. The Kier molecular flexibility index (Phi) is 3.17. The largest absolute Gasteiger partial charge is 0.506 e. The third-order valence-electron chi connectivity index (χ3n) is 2.07. The number of phenols is 1. The van der Waals surface area contributed by atoms with E-state index in [0.29, 0.717) is 10.9 Å². The second-order valence-electron chi connectivity index (χ2n) is 3.48. The van der Waals surface area contributed by atoms with Crippen molar-refractivity contribution in [1.82, 2.24) is 0 Å². The normalized spacial score (nSPS) is 13.3. The van der Waals surface area contributed by atoms with Gasteiger partial charge in [-0.3, -0.25) is 0 Å². The Bertz CT molecular complexity index is 299. The highest BCUT2D eigenvalue weighted by molar-refractivity contribution is 6.32. The number of hydrogen-bond donors (Lipinski definition) is 2. The zero-order valence-electron chi connectivity index (χ0n) is 7.79. The summed E-state index contributed by atoms with van der Waals surface area (Å²) in [5.41, 5.74) is 6.87. The lowest BCUT2D eigenvalue weighted by Gasteiger charge is -2.16. The van der Waals surface area contributed by atoms with Crippen LogP contribution in [-0.2, 0) is 0 Å². The number of benzene rings is 1. The summed E-state index contributed by atoms with van der Waals surface area (Å²) in [6.45, 7) is 4.09. The van der Waals surface area contributed by atoms with Crippen LogP contribution < -0.4 is 5.73 Å². The minimum atomic E-state index is -0.0295. The van der Waals surface area contributed by atoms with Crippen molar-refractivity contribution in [2.75, 3.05) is 0 Å². The molecule has 0 aliphatic rings. The van der Waals surface area contributed by atoms with Gasteiger partial charge in [-0.15, -0.1) is 0 Å². The SMILES string of the molecule is CC(C)[C@H](N)c1ccc(O)c(Cl)c1. The molecule has 2 nitrogen and oxygen atoms in total. The lowest BCUT2D eigenvalue weighted by molar-refractivity contribution is 0.473. The molecule has 0 fully saturated rings. The van der Waals surface area contributed by atoms with Crippen molar-refractivity contribution >= 4 is 11.6 Å². The van der Waals surface area contributed by atoms with Gasteiger partial charge in [-0.05, 0) is 23.6 Å². The van der Waals surface area contributed by atoms with E-state index >= 15 is 0 Å². The van der Waals surface area contributed by atoms with Gasteiger partial charge in [-0.25, -0.2) is 0 Å². The summed E-state index contributed by atoms with van der Waals surface area (Å²) in [4.78, 5) is 0. The summed E-state index contributed by atoms with van der Waals surface area (Å²) >= 11 is 5.76. The van der Waals surface area contributed by atoms with Gasteiger partial charge < -0.3 is 10.8 Å². The zero-order chi connectivity index (χ0) is 10.0. The van der Waals surface area contributed by atoms with Gasteiger partial charge in [0, 0.05) is 6.04 Å². The van der Waals surface area contributed by atoms with Gasteiger partial charge in [-0.1, -0.05) is 31.5 Å². The maximum absolute atomic E-state index is 9.19. The maximum atomic E-state index is 9.19. The average Bonchev–Trinajstić information content (AvgIpc) is 2.08. The summed E-state index contributed by atoms with van der Waals surface area (Å²) < 4.78 is 0. The Morgan fingerprint density at radius 1 is 1.38 bits per heavy atom. The standard InChI is InChI=1S/C10H14ClNO/c1-6(2)10(12)7-3-4-9(13)8(11)5-7/h3-6,10,13H,12H2,1-2H3/t10-/m0/s1. The Morgan fingerprint density at radius 3 is 2.46 bits per heavy atom. The second kappa shape index (κ2) is 3.99. The highest BCUT2D eigenvalue weighted by Crippen LogP contribution is 2.28. The first-order valence-electron chi connectivity index (χ1n) is 4.26. The lowest BCUT2D eigenvalue weighted by Crippen LogP contribution is -2.16. The molecule has 0 bridgehead atoms. The van der Waals surface area contributed by atoms with E-state index in [9.17, 15) is 5.11 Å². The number of phenolic OH excluding ortho intramolecular Hbond substituents is 1. The first-order valence-corrected chi connectivity index (χ1v) is 4.64. The van der Waals surface area contributed by atoms with Gasteiger partial charge in [-0.2, -0.15) is 0 Å². The molecule has 13 heavy (non-hydrogen) atoms. The van der Waals surface area contributed by atoms with Gasteiger partial charge in [0.1, 0.15) is 5.75 Å². The second-order valence-corrected chi connectivity index (χ2v) is 3.89. The predicted molar refractivity (Wildman–Crippen MR) is 54.9 cm³/mol. The Balaban J connectivity index is 2.97. The lowest BCUT2D eigenvalue weighted by atomic mass is 9.97. The highest BCUT2D eigenvalue weighted by atomic mass is 35.5. The molecule has 0 aromatic heterocycles. The van der Waals surface area contributed by atoms with Crippen LogP contribution >= 0.6 is 11.6 Å². The van der Waals surface area contributed by atoms with Crippen LogP contribution in [0.15, 0.2) is 18.2 Å². The van der Waals surface area contributed by atoms with Crippen molar-refractivity contribution in [3.63, 3.8) is 0 Å². The average molecular weight is 200 g/mol. The maximum Gasteiger partial charge on any atom is 0.134 e. The quantitative estimate of drug-likeness (QED) is 0.770. The number of rotatable bonds is 2. The minimum absolute atomic E-state index is 0.0295. The molecule has 0 aliphatic carbocycles. The molecule has 1 rings (SSSR count). The van der Waals surface area contributed by atoms with Crippen LogP contribution in [0.1, 0.15) is 25.5 Å². The Morgan fingerprint density at radius 2 is 2.00 bits per heavy atom. The van der Waals surface area contributed by atoms with Crippen molar-refractivity contribution in [1.29, 1.82) is 0 Å². The van der Waals surface area contributed by atoms with E-state index in [2.05, 4.69) is 0 Å². The van der Waals surface area contributed by atoms with E-state index in [4.69, 9.17) is 17.3 Å². The first kappa shape index (κ1) is 10.4. The molecule has 3 N–H and O–H groups in total. The number of aromatic hydroxyl groups is 1. The number of hydrogen-bond acceptors (Lipinski definition) is 2. The van der Waals surface area contributed by atoms with E-state index in [1.165, 1.54) is 0 Å². The summed E-state index contributed by atoms with van der Waals surface area (Å²) in [6, 6.07) is 5.05. The fraction of sp³-hybridized carbons (Fsp3) is 0.400. The van der Waals surface area contributed by atoms with Crippen molar-refractivity contribution in [3.8, 4) is 5.75 Å². The molecule has 0 unspecified atom stereocenters. The molecule has 1 aromatic rings. The molecule has 0 heterocycles. The molecular formula is C10H14ClNO. The van der Waals surface area contributed by atoms with Gasteiger partial charge in [0.15, 0.2) is 0 Å². The Hall–Kier alpha value is -0.730. The van der Waals surface area contributed by atoms with Crippen molar-refractivity contribution in [3.05, 3.63) is 28.8 Å². The summed E-state index contributed by atoms with van der Waals surface area (Å²) in [6.07, 6.45) is 0. The van der Waals surface area contributed by atoms with Gasteiger partial charge in [0.2, 0.25) is 0 Å². The molecule has 1 atom stereocenters. The van der Waals surface area contributed by atoms with E-state index < -0.39 is 0 Å². The monoisotopic (exact) mass is 199 g/mol. The third-order valence-corrected chi connectivity index (χ3v) is 2.38. The molecule has 0 radical (unpaired) electrons. The molecule has 0 aliphatic heterocycles. The minimum Gasteiger partial charge on any atom is -0.506 e. The van der Waals surface area contributed by atoms with Crippen molar-refractivity contribution in [2.45, 2.75) is 19.9 Å². The Labute approximate surface area is 83.3 Å². The van der Waals surface area contributed by atoms with Crippen molar-refractivity contribution in [2.24, 2.45) is 11.7 Å². The van der Waals surface area contributed by atoms with E-state index in [1.807, 2.05) is 13.8 Å². The predicted octanol–water partition coefficient (Wildman–Crippen LogP) is 2.70. The van der Waals surface area contributed by atoms with Crippen LogP contribution in [0.5, 0.6) is 5.75 Å². The third kappa shape index (κ3) is 2.36. The topological polar surface area (TPSA) is 46.2 Å². The van der Waals surface area contributed by atoms with E-state index in [0.717, 1.165) is 5.56 Å². The molecular weight excluding hydrogens is 186 g/mol. The van der Waals surface area contributed by atoms with E-state index in [1.54, 1.807) is 18.2 Å². The summed E-state index contributed by atoms with van der Waals surface area (Å²) in [5, 5.41) is 9.55. The van der Waals surface area contributed by atoms with Crippen molar-refractivity contribution < 1.29 is 5.11 Å². The highest BCUT2D eigenvalue weighted by Gasteiger charge is 2.11. The van der Waals surface area contributed by atoms with Gasteiger partial charge in [0.25, 0.3) is 0 Å². The fourth-order valence-corrected chi connectivity index (χ4v) is 1.30. The van der Waals surface area contributed by atoms with E-state index in [-0.39, 0.29) is 11.8 Å². The molecule has 0 spiro atoms. The smallest absolute Gasteiger partial charge is 0.134 e. The van der Waals surface area contributed by atoms with Crippen LogP contribution in [0.2, 0.25) is 5.02 Å². The zero-order valence-corrected chi connectivity index (χ0v) is 8.55. The number of halogens is 1. The van der Waals surface area contributed by atoms with Crippen LogP contribution in [0.3, 0.4) is 0 Å². The molecule has 0 amide bonds.